The van der Waals surface area contributed by atoms with E-state index in [1.54, 1.807) is 0 Å². The van der Waals surface area contributed by atoms with Crippen LogP contribution >= 0.6 is 0 Å². The van der Waals surface area contributed by atoms with Crippen molar-refractivity contribution in [3.63, 3.8) is 0 Å². The highest BCUT2D eigenvalue weighted by atomic mass is 16.2. The van der Waals surface area contributed by atoms with Crippen LogP contribution in [0.3, 0.4) is 0 Å². The maximum atomic E-state index is 12.8. The van der Waals surface area contributed by atoms with Crippen molar-refractivity contribution in [1.29, 1.82) is 0 Å². The molecule has 3 aliphatic rings. The Morgan fingerprint density at radius 1 is 1.15 bits per heavy atom. The van der Waals surface area contributed by atoms with E-state index in [1.165, 1.54) is 6.42 Å². The molecule has 27 heavy (non-hydrogen) atoms. The molecule has 1 aromatic rings. The number of guanidine groups is 2. The van der Waals surface area contributed by atoms with Gasteiger partial charge >= 0.3 is 0 Å². The number of hydrogen-bond donors (Lipinski definition) is 2. The Bertz CT molecular complexity index is 850. The summed E-state index contributed by atoms with van der Waals surface area (Å²) in [5, 5.41) is 0. The zero-order valence-corrected chi connectivity index (χ0v) is 16.3. The zero-order chi connectivity index (χ0) is 19.4. The highest BCUT2D eigenvalue weighted by Gasteiger charge is 2.46. The van der Waals surface area contributed by atoms with E-state index in [0.717, 1.165) is 42.6 Å². The average molecular weight is 368 g/mol. The quantitative estimate of drug-likeness (QED) is 0.837. The SMILES string of the molecule is CCN1C(=O)C(C)(C)c2cc(N3C(N)=NC(N)=NC34CCCCC4)ccc21. The molecule has 2 aliphatic heterocycles. The van der Waals surface area contributed by atoms with Gasteiger partial charge in [-0.25, -0.2) is 4.99 Å². The minimum atomic E-state index is -0.564. The van der Waals surface area contributed by atoms with Crippen LogP contribution in [0, 0.1) is 0 Å². The molecule has 4 N–H and O–H groups in total. The van der Waals surface area contributed by atoms with Gasteiger partial charge in [0.1, 0.15) is 5.66 Å². The Hall–Kier alpha value is -2.57. The van der Waals surface area contributed by atoms with Gasteiger partial charge in [0.05, 0.1) is 5.41 Å². The number of amides is 1. The molecular formula is C20H28N6O. The first-order valence-corrected chi connectivity index (χ1v) is 9.76. The molecule has 0 saturated heterocycles. The number of rotatable bonds is 2. The van der Waals surface area contributed by atoms with Crippen LogP contribution in [0.4, 0.5) is 11.4 Å². The molecule has 1 amide bonds. The number of benzene rings is 1. The number of nitrogens with two attached hydrogens (primary N) is 2. The Labute approximate surface area is 160 Å². The molecule has 1 aliphatic carbocycles. The van der Waals surface area contributed by atoms with E-state index < -0.39 is 11.1 Å². The maximum Gasteiger partial charge on any atom is 0.237 e. The Morgan fingerprint density at radius 3 is 2.52 bits per heavy atom. The number of carbonyl (C=O) groups excluding carboxylic acids is 1. The monoisotopic (exact) mass is 368 g/mol. The number of hydrogen-bond acceptors (Lipinski definition) is 6. The topological polar surface area (TPSA) is 100 Å². The second kappa shape index (κ2) is 5.97. The van der Waals surface area contributed by atoms with Gasteiger partial charge in [-0.2, -0.15) is 4.99 Å². The number of fused-ring (bicyclic) bond motifs is 1. The van der Waals surface area contributed by atoms with Crippen LogP contribution in [0.15, 0.2) is 28.2 Å². The Kier molecular flexibility index (Phi) is 3.94. The van der Waals surface area contributed by atoms with Crippen molar-refractivity contribution in [1.82, 2.24) is 0 Å². The van der Waals surface area contributed by atoms with Gasteiger partial charge in [0.25, 0.3) is 0 Å². The van der Waals surface area contributed by atoms with Crippen molar-refractivity contribution in [2.24, 2.45) is 21.5 Å². The fourth-order valence-corrected chi connectivity index (χ4v) is 4.77. The lowest BCUT2D eigenvalue weighted by Gasteiger charge is -2.45. The molecule has 144 valence electrons. The molecule has 4 rings (SSSR count). The third kappa shape index (κ3) is 2.51. The van der Waals surface area contributed by atoms with Crippen LogP contribution in [-0.2, 0) is 10.2 Å². The van der Waals surface area contributed by atoms with E-state index in [4.69, 9.17) is 16.5 Å². The van der Waals surface area contributed by atoms with Crippen molar-refractivity contribution in [2.45, 2.75) is 64.0 Å². The van der Waals surface area contributed by atoms with Gasteiger partial charge in [-0.15, -0.1) is 0 Å². The van der Waals surface area contributed by atoms with E-state index in [0.29, 0.717) is 12.5 Å². The molecule has 7 nitrogen and oxygen atoms in total. The second-order valence-electron chi connectivity index (χ2n) is 8.19. The van der Waals surface area contributed by atoms with Gasteiger partial charge in [-0.3, -0.25) is 9.69 Å². The second-order valence-corrected chi connectivity index (χ2v) is 8.19. The molecule has 0 bridgehead atoms. The molecule has 0 unspecified atom stereocenters. The number of likely N-dealkylation sites (N-methyl/N-ethyl adjacent to an activating group) is 1. The van der Waals surface area contributed by atoms with Crippen LogP contribution in [0.2, 0.25) is 0 Å². The fraction of sp³-hybridized carbons (Fsp3) is 0.550. The van der Waals surface area contributed by atoms with Crippen molar-refractivity contribution >= 4 is 29.2 Å². The predicted molar refractivity (Wildman–Crippen MR) is 109 cm³/mol. The van der Waals surface area contributed by atoms with Crippen molar-refractivity contribution in [3.05, 3.63) is 23.8 Å². The minimum Gasteiger partial charge on any atom is -0.369 e. The summed E-state index contributed by atoms with van der Waals surface area (Å²) < 4.78 is 0. The van der Waals surface area contributed by atoms with Gasteiger partial charge < -0.3 is 16.4 Å². The normalized spacial score (nSPS) is 23.3. The van der Waals surface area contributed by atoms with E-state index in [2.05, 4.69) is 11.1 Å². The molecule has 0 aromatic heterocycles. The van der Waals surface area contributed by atoms with Gasteiger partial charge in [0, 0.05) is 17.9 Å². The lowest BCUT2D eigenvalue weighted by atomic mass is 9.84. The summed E-state index contributed by atoms with van der Waals surface area (Å²) >= 11 is 0. The highest BCUT2D eigenvalue weighted by Crippen LogP contribution is 2.45. The maximum absolute atomic E-state index is 12.8. The number of anilines is 2. The van der Waals surface area contributed by atoms with E-state index >= 15 is 0 Å². The summed E-state index contributed by atoms with van der Waals surface area (Å²) in [6, 6.07) is 6.12. The Balaban J connectivity index is 1.83. The summed E-state index contributed by atoms with van der Waals surface area (Å²) in [5.41, 5.74) is 14.2. The zero-order valence-electron chi connectivity index (χ0n) is 16.3. The third-order valence-corrected chi connectivity index (χ3v) is 6.15. The van der Waals surface area contributed by atoms with Crippen LogP contribution in [0.25, 0.3) is 0 Å². The van der Waals surface area contributed by atoms with Crippen LogP contribution in [0.5, 0.6) is 0 Å². The lowest BCUT2D eigenvalue weighted by molar-refractivity contribution is -0.122. The highest BCUT2D eigenvalue weighted by molar-refractivity contribution is 6.09. The largest absolute Gasteiger partial charge is 0.369 e. The smallest absolute Gasteiger partial charge is 0.237 e. The predicted octanol–water partition coefficient (Wildman–Crippen LogP) is 2.44. The average Bonchev–Trinajstić information content (AvgIpc) is 2.81. The fourth-order valence-electron chi connectivity index (χ4n) is 4.77. The molecule has 1 spiro atoms. The number of carbonyl (C=O) groups is 1. The molecule has 7 heteroatoms. The standard InChI is InChI=1S/C20H28N6O/c1-4-25-15-9-8-13(12-14(15)19(2,3)16(25)27)26-18(22)23-17(21)24-20(26)10-6-5-7-11-20/h8-9,12H,4-7,10-11H2,1-3H3,(H4,21,22,23,24). The van der Waals surface area contributed by atoms with Gasteiger partial charge in [0.15, 0.2) is 0 Å². The molecule has 2 heterocycles. The first kappa shape index (κ1) is 17.8. The van der Waals surface area contributed by atoms with E-state index in [9.17, 15) is 4.79 Å². The molecule has 0 radical (unpaired) electrons. The van der Waals surface area contributed by atoms with Crippen LogP contribution in [-0.4, -0.2) is 30.0 Å². The van der Waals surface area contributed by atoms with E-state index in [1.807, 2.05) is 42.7 Å². The summed E-state index contributed by atoms with van der Waals surface area (Å²) in [6.07, 6.45) is 5.15. The van der Waals surface area contributed by atoms with Crippen molar-refractivity contribution in [3.8, 4) is 0 Å². The molecule has 0 atom stereocenters. The third-order valence-electron chi connectivity index (χ3n) is 6.15. The summed E-state index contributed by atoms with van der Waals surface area (Å²) in [4.78, 5) is 25.7. The van der Waals surface area contributed by atoms with E-state index in [-0.39, 0.29) is 11.9 Å². The lowest BCUT2D eigenvalue weighted by Crippen LogP contribution is -2.58. The van der Waals surface area contributed by atoms with Crippen molar-refractivity contribution in [2.75, 3.05) is 16.3 Å². The van der Waals surface area contributed by atoms with Crippen molar-refractivity contribution < 1.29 is 4.79 Å². The minimum absolute atomic E-state index is 0.132. The summed E-state index contributed by atoms with van der Waals surface area (Å²) in [5.74, 6) is 0.755. The molecule has 1 saturated carbocycles. The van der Waals surface area contributed by atoms with Crippen LogP contribution < -0.4 is 21.3 Å². The number of aliphatic imine (C=N–C) groups is 2. The Morgan fingerprint density at radius 2 is 1.85 bits per heavy atom. The molecular weight excluding hydrogens is 340 g/mol. The number of nitrogens with zero attached hydrogens (tertiary/aromatic N) is 4. The first-order chi connectivity index (χ1) is 12.8. The van der Waals surface area contributed by atoms with Gasteiger partial charge in [-0.1, -0.05) is 6.42 Å². The van der Waals surface area contributed by atoms with Gasteiger partial charge in [-0.05, 0) is 70.2 Å². The first-order valence-electron chi connectivity index (χ1n) is 9.76. The summed E-state index contributed by atoms with van der Waals surface area (Å²) in [6.45, 7) is 6.62. The molecule has 1 fully saturated rings. The summed E-state index contributed by atoms with van der Waals surface area (Å²) in [7, 11) is 0. The van der Waals surface area contributed by atoms with Crippen LogP contribution in [0.1, 0.15) is 58.4 Å². The molecule has 1 aromatic carbocycles. The van der Waals surface area contributed by atoms with Gasteiger partial charge in [0.2, 0.25) is 17.8 Å².